The van der Waals surface area contributed by atoms with Gasteiger partial charge in [0.2, 0.25) is 0 Å². The summed E-state index contributed by atoms with van der Waals surface area (Å²) in [5.74, 6) is 0. The van der Waals surface area contributed by atoms with Crippen LogP contribution in [0.25, 0.3) is 75.5 Å². The lowest BCUT2D eigenvalue weighted by atomic mass is 9.96. The van der Waals surface area contributed by atoms with Gasteiger partial charge in [-0.05, 0) is 98.2 Å². The molecule has 0 saturated carbocycles. The van der Waals surface area contributed by atoms with Gasteiger partial charge in [0.05, 0.1) is 10.4 Å². The second-order valence-electron chi connectivity index (χ2n) is 13.7. The Morgan fingerprint density at radius 1 is 0.296 bits per heavy atom. The Morgan fingerprint density at radius 3 is 1.61 bits per heavy atom. The minimum absolute atomic E-state index is 1.11. The standard InChI is InChI=1S/C52H35NS/c1-4-14-36(15-5-1)42-22-12-23-46(33-42)53(45-30-28-39(29-31-45)43-27-26-38-18-10-11-21-41(38)32-43)50-25-13-24-47-49-35-44(37-16-6-2-7-17-37)34-48(51(49)54-52(47)50)40-19-8-3-9-20-40/h1-35H. The molecule has 0 N–H and O–H groups in total. The molecule has 0 radical (unpaired) electrons. The van der Waals surface area contributed by atoms with E-state index in [0.29, 0.717) is 0 Å². The van der Waals surface area contributed by atoms with Crippen LogP contribution in [0, 0.1) is 0 Å². The summed E-state index contributed by atoms with van der Waals surface area (Å²) in [4.78, 5) is 2.44. The molecule has 0 bridgehead atoms. The molecule has 9 aromatic carbocycles. The van der Waals surface area contributed by atoms with Gasteiger partial charge < -0.3 is 4.90 Å². The summed E-state index contributed by atoms with van der Waals surface area (Å²) >= 11 is 1.89. The third-order valence-electron chi connectivity index (χ3n) is 10.4. The van der Waals surface area contributed by atoms with Crippen molar-refractivity contribution >= 4 is 59.3 Å². The van der Waals surface area contributed by atoms with E-state index in [1.54, 1.807) is 0 Å². The zero-order chi connectivity index (χ0) is 35.8. The molecule has 1 aromatic heterocycles. The summed E-state index contributed by atoms with van der Waals surface area (Å²) in [5, 5.41) is 5.05. The molecule has 0 aliphatic heterocycles. The third kappa shape index (κ3) is 5.84. The van der Waals surface area contributed by atoms with Crippen LogP contribution in [0.2, 0.25) is 0 Å². The third-order valence-corrected chi connectivity index (χ3v) is 11.7. The second-order valence-corrected chi connectivity index (χ2v) is 14.8. The van der Waals surface area contributed by atoms with Gasteiger partial charge in [-0.15, -0.1) is 11.3 Å². The zero-order valence-electron chi connectivity index (χ0n) is 29.6. The van der Waals surface area contributed by atoms with Crippen LogP contribution in [0.4, 0.5) is 17.1 Å². The number of nitrogens with zero attached hydrogens (tertiary/aromatic N) is 1. The molecule has 0 unspecified atom stereocenters. The molecule has 2 heteroatoms. The fraction of sp³-hybridized carbons (Fsp3) is 0. The Bertz CT molecular complexity index is 2910. The molecule has 10 rings (SSSR count). The van der Waals surface area contributed by atoms with Crippen LogP contribution in [-0.2, 0) is 0 Å². The van der Waals surface area contributed by atoms with Crippen LogP contribution in [0.15, 0.2) is 212 Å². The van der Waals surface area contributed by atoms with Gasteiger partial charge in [0, 0.05) is 32.4 Å². The van der Waals surface area contributed by atoms with Crippen molar-refractivity contribution in [3.05, 3.63) is 212 Å². The minimum atomic E-state index is 1.11. The van der Waals surface area contributed by atoms with Gasteiger partial charge in [-0.1, -0.05) is 164 Å². The van der Waals surface area contributed by atoms with Crippen LogP contribution in [-0.4, -0.2) is 0 Å². The minimum Gasteiger partial charge on any atom is -0.309 e. The van der Waals surface area contributed by atoms with E-state index in [2.05, 4.69) is 217 Å². The number of hydrogen-bond acceptors (Lipinski definition) is 2. The highest BCUT2D eigenvalue weighted by atomic mass is 32.1. The number of fused-ring (bicyclic) bond motifs is 4. The Kier molecular flexibility index (Phi) is 8.09. The maximum Gasteiger partial charge on any atom is 0.0640 e. The Hall–Kier alpha value is -6.74. The van der Waals surface area contributed by atoms with Crippen molar-refractivity contribution in [2.45, 2.75) is 0 Å². The molecular formula is C52H35NS. The molecule has 0 atom stereocenters. The number of thiophene rings is 1. The molecular weight excluding hydrogens is 671 g/mol. The maximum atomic E-state index is 2.44. The Labute approximate surface area is 319 Å². The number of anilines is 3. The van der Waals surface area contributed by atoms with Gasteiger partial charge in [-0.25, -0.2) is 0 Å². The highest BCUT2D eigenvalue weighted by Crippen LogP contribution is 2.48. The SMILES string of the molecule is c1ccc(-c2cccc(N(c3ccc(-c4ccc5ccccc5c4)cc3)c3cccc4c3sc3c(-c5ccccc5)cc(-c5ccccc5)cc34)c2)cc1. The number of rotatable bonds is 7. The van der Waals surface area contributed by atoms with E-state index in [0.717, 1.165) is 17.1 Å². The van der Waals surface area contributed by atoms with Crippen LogP contribution < -0.4 is 4.90 Å². The van der Waals surface area contributed by atoms with Gasteiger partial charge in [0.15, 0.2) is 0 Å². The molecule has 0 aliphatic rings. The lowest BCUT2D eigenvalue weighted by molar-refractivity contribution is 1.30. The maximum absolute atomic E-state index is 2.44. The topological polar surface area (TPSA) is 3.24 Å². The van der Waals surface area contributed by atoms with Crippen molar-refractivity contribution < 1.29 is 0 Å². The highest BCUT2D eigenvalue weighted by Gasteiger charge is 2.21. The molecule has 1 nitrogen and oxygen atoms in total. The average Bonchev–Trinajstić information content (AvgIpc) is 3.64. The van der Waals surface area contributed by atoms with E-state index in [1.165, 1.54) is 75.5 Å². The van der Waals surface area contributed by atoms with Crippen molar-refractivity contribution in [2.24, 2.45) is 0 Å². The Balaban J connectivity index is 1.18. The molecule has 0 amide bonds. The first-order chi connectivity index (χ1) is 26.8. The van der Waals surface area contributed by atoms with Crippen LogP contribution >= 0.6 is 11.3 Å². The predicted molar refractivity (Wildman–Crippen MR) is 233 cm³/mol. The van der Waals surface area contributed by atoms with Crippen LogP contribution in [0.5, 0.6) is 0 Å². The highest BCUT2D eigenvalue weighted by molar-refractivity contribution is 7.27. The van der Waals surface area contributed by atoms with Crippen LogP contribution in [0.1, 0.15) is 0 Å². The lowest BCUT2D eigenvalue weighted by Gasteiger charge is -2.27. The van der Waals surface area contributed by atoms with Crippen LogP contribution in [0.3, 0.4) is 0 Å². The van der Waals surface area contributed by atoms with Crippen molar-refractivity contribution in [1.82, 2.24) is 0 Å². The van der Waals surface area contributed by atoms with Gasteiger partial charge in [0.25, 0.3) is 0 Å². The molecule has 0 aliphatic carbocycles. The van der Waals surface area contributed by atoms with Gasteiger partial charge >= 0.3 is 0 Å². The van der Waals surface area contributed by atoms with Crippen molar-refractivity contribution in [3.63, 3.8) is 0 Å². The first kappa shape index (κ1) is 32.0. The summed E-state index contributed by atoms with van der Waals surface area (Å²) in [7, 11) is 0. The monoisotopic (exact) mass is 705 g/mol. The number of benzene rings is 9. The fourth-order valence-corrected chi connectivity index (χ4v) is 9.07. The van der Waals surface area contributed by atoms with Crippen molar-refractivity contribution in [3.8, 4) is 44.5 Å². The first-order valence-corrected chi connectivity index (χ1v) is 19.2. The quantitative estimate of drug-likeness (QED) is 0.160. The zero-order valence-corrected chi connectivity index (χ0v) is 30.4. The summed E-state index contributed by atoms with van der Waals surface area (Å²) in [6, 6.07) is 77.1. The summed E-state index contributed by atoms with van der Waals surface area (Å²) < 4.78 is 2.56. The summed E-state index contributed by atoms with van der Waals surface area (Å²) in [6.45, 7) is 0. The molecule has 1 heterocycles. The van der Waals surface area contributed by atoms with Gasteiger partial charge in [0.1, 0.15) is 0 Å². The molecule has 54 heavy (non-hydrogen) atoms. The van der Waals surface area contributed by atoms with E-state index in [-0.39, 0.29) is 0 Å². The van der Waals surface area contributed by atoms with E-state index < -0.39 is 0 Å². The molecule has 0 fully saturated rings. The Morgan fingerprint density at radius 2 is 0.870 bits per heavy atom. The molecule has 0 saturated heterocycles. The second kappa shape index (κ2) is 13.7. The largest absolute Gasteiger partial charge is 0.309 e. The van der Waals surface area contributed by atoms with E-state index in [9.17, 15) is 0 Å². The number of hydrogen-bond donors (Lipinski definition) is 0. The normalized spacial score (nSPS) is 11.3. The van der Waals surface area contributed by atoms with E-state index in [1.807, 2.05) is 11.3 Å². The van der Waals surface area contributed by atoms with Gasteiger partial charge in [-0.2, -0.15) is 0 Å². The van der Waals surface area contributed by atoms with Crippen molar-refractivity contribution in [2.75, 3.05) is 4.90 Å². The molecule has 254 valence electrons. The van der Waals surface area contributed by atoms with Gasteiger partial charge in [-0.3, -0.25) is 0 Å². The summed E-state index contributed by atoms with van der Waals surface area (Å²) in [5.41, 5.74) is 13.1. The molecule has 10 aromatic rings. The first-order valence-electron chi connectivity index (χ1n) is 18.4. The lowest BCUT2D eigenvalue weighted by Crippen LogP contribution is -2.10. The van der Waals surface area contributed by atoms with E-state index >= 15 is 0 Å². The fourth-order valence-electron chi connectivity index (χ4n) is 7.74. The smallest absolute Gasteiger partial charge is 0.0640 e. The van der Waals surface area contributed by atoms with E-state index in [4.69, 9.17) is 0 Å². The summed E-state index contributed by atoms with van der Waals surface area (Å²) in [6.07, 6.45) is 0. The predicted octanol–water partition coefficient (Wildman–Crippen LogP) is 15.3. The van der Waals surface area contributed by atoms with Crippen molar-refractivity contribution in [1.29, 1.82) is 0 Å². The molecule has 0 spiro atoms. The average molecular weight is 706 g/mol.